The second-order valence-electron chi connectivity index (χ2n) is 7.90. The standard InChI is InChI=1S/C16H32BN3O5/c1-10(2)15(3,18)13(21)20-9-12-5-4-11(6-7-17(24)25)8-16(12,19)14(22)23/h10-12,24-25H,4-9,18-19H2,1-3H3,(H,20,21)(H,22,23)/t11-,12-,15?,16+/m0/s1. The summed E-state index contributed by atoms with van der Waals surface area (Å²) in [4.78, 5) is 24.1. The lowest BCUT2D eigenvalue weighted by Gasteiger charge is -2.42. The van der Waals surface area contributed by atoms with Gasteiger partial charge in [-0.15, -0.1) is 0 Å². The molecule has 0 radical (unpaired) electrons. The third-order valence-corrected chi connectivity index (χ3v) is 5.71. The molecular formula is C16H32BN3O5. The van der Waals surface area contributed by atoms with E-state index in [1.165, 1.54) is 0 Å². The molecule has 4 atom stereocenters. The highest BCUT2D eigenvalue weighted by molar-refractivity contribution is 6.40. The number of nitrogens with two attached hydrogens (primary N) is 2. The van der Waals surface area contributed by atoms with Crippen molar-refractivity contribution in [3.8, 4) is 0 Å². The summed E-state index contributed by atoms with van der Waals surface area (Å²) in [5.74, 6) is -1.85. The average Bonchev–Trinajstić information content (AvgIpc) is 2.51. The van der Waals surface area contributed by atoms with Crippen molar-refractivity contribution in [3.05, 3.63) is 0 Å². The molecule has 0 saturated heterocycles. The third kappa shape index (κ3) is 5.41. The van der Waals surface area contributed by atoms with Crippen molar-refractivity contribution >= 4 is 19.0 Å². The lowest BCUT2D eigenvalue weighted by molar-refractivity contribution is -0.148. The van der Waals surface area contributed by atoms with Crippen LogP contribution in [0.15, 0.2) is 0 Å². The minimum Gasteiger partial charge on any atom is -0.480 e. The van der Waals surface area contributed by atoms with Gasteiger partial charge in [0.2, 0.25) is 5.91 Å². The van der Waals surface area contributed by atoms with Crippen molar-refractivity contribution in [3.63, 3.8) is 0 Å². The number of hydrogen-bond acceptors (Lipinski definition) is 6. The summed E-state index contributed by atoms with van der Waals surface area (Å²) < 4.78 is 0. The number of nitrogens with one attached hydrogen (secondary N) is 1. The van der Waals surface area contributed by atoms with Gasteiger partial charge in [0.25, 0.3) is 0 Å². The zero-order chi connectivity index (χ0) is 19.4. The first-order valence-electron chi connectivity index (χ1n) is 8.86. The smallest absolute Gasteiger partial charge is 0.451 e. The number of rotatable bonds is 8. The molecule has 1 unspecified atom stereocenters. The molecule has 0 aromatic rings. The lowest BCUT2D eigenvalue weighted by Crippen LogP contribution is -2.62. The van der Waals surface area contributed by atoms with Crippen molar-refractivity contribution in [2.45, 2.75) is 63.9 Å². The van der Waals surface area contributed by atoms with Crippen LogP contribution < -0.4 is 16.8 Å². The van der Waals surface area contributed by atoms with Crippen LogP contribution in [-0.2, 0) is 9.59 Å². The van der Waals surface area contributed by atoms with Crippen molar-refractivity contribution in [1.29, 1.82) is 0 Å². The van der Waals surface area contributed by atoms with E-state index in [0.717, 1.165) is 6.42 Å². The van der Waals surface area contributed by atoms with Gasteiger partial charge >= 0.3 is 13.1 Å². The molecule has 0 aliphatic heterocycles. The molecule has 1 rings (SSSR count). The van der Waals surface area contributed by atoms with Crippen LogP contribution in [-0.4, -0.2) is 51.8 Å². The molecule has 8 nitrogen and oxygen atoms in total. The molecule has 25 heavy (non-hydrogen) atoms. The Morgan fingerprint density at radius 3 is 2.44 bits per heavy atom. The molecule has 1 amide bonds. The van der Waals surface area contributed by atoms with E-state index in [1.807, 2.05) is 13.8 Å². The molecule has 144 valence electrons. The van der Waals surface area contributed by atoms with Gasteiger partial charge in [0.15, 0.2) is 0 Å². The quantitative estimate of drug-likeness (QED) is 0.321. The van der Waals surface area contributed by atoms with Gasteiger partial charge in [0.05, 0.1) is 5.54 Å². The maximum atomic E-state index is 12.3. The van der Waals surface area contributed by atoms with Crippen molar-refractivity contribution in [1.82, 2.24) is 5.32 Å². The number of carbonyl (C=O) groups excluding carboxylic acids is 1. The van der Waals surface area contributed by atoms with Gasteiger partial charge in [-0.05, 0) is 44.3 Å². The number of amides is 1. The zero-order valence-corrected chi connectivity index (χ0v) is 15.4. The van der Waals surface area contributed by atoms with Gasteiger partial charge in [-0.25, -0.2) is 0 Å². The summed E-state index contributed by atoms with van der Waals surface area (Å²) in [5, 5.41) is 30.4. The fraction of sp³-hybridized carbons (Fsp3) is 0.875. The SMILES string of the molecule is CC(C)C(C)(N)C(=O)NC[C@@H]1CC[C@@H](CCB(O)O)C[C@]1(N)C(=O)O. The first kappa shape index (κ1) is 21.9. The van der Waals surface area contributed by atoms with E-state index < -0.39 is 30.1 Å². The Hall–Kier alpha value is -1.16. The Morgan fingerprint density at radius 2 is 1.96 bits per heavy atom. The molecule has 0 spiro atoms. The predicted molar refractivity (Wildman–Crippen MR) is 95.4 cm³/mol. The lowest BCUT2D eigenvalue weighted by atomic mass is 9.66. The highest BCUT2D eigenvalue weighted by Crippen LogP contribution is 2.38. The van der Waals surface area contributed by atoms with Gasteiger partial charge in [-0.2, -0.15) is 0 Å². The Balaban J connectivity index is 2.73. The number of carbonyl (C=O) groups is 2. The molecule has 8 N–H and O–H groups in total. The second kappa shape index (κ2) is 8.48. The fourth-order valence-corrected chi connectivity index (χ4v) is 3.29. The molecule has 0 aromatic heterocycles. The van der Waals surface area contributed by atoms with E-state index in [1.54, 1.807) is 6.92 Å². The number of aliphatic carboxylic acids is 1. The Labute approximate surface area is 149 Å². The molecule has 9 heteroatoms. The van der Waals surface area contributed by atoms with E-state index in [0.29, 0.717) is 12.8 Å². The van der Waals surface area contributed by atoms with Crippen LogP contribution in [0, 0.1) is 17.8 Å². The van der Waals surface area contributed by atoms with Crippen LogP contribution >= 0.6 is 0 Å². The van der Waals surface area contributed by atoms with E-state index in [2.05, 4.69) is 5.32 Å². The first-order chi connectivity index (χ1) is 11.4. The first-order valence-corrected chi connectivity index (χ1v) is 8.86. The molecule has 1 saturated carbocycles. The number of hydrogen-bond donors (Lipinski definition) is 6. The van der Waals surface area contributed by atoms with Crippen LogP contribution in [0.1, 0.15) is 46.5 Å². The van der Waals surface area contributed by atoms with Crippen molar-refractivity contribution < 1.29 is 24.7 Å². The minimum atomic E-state index is -1.45. The van der Waals surface area contributed by atoms with Crippen LogP contribution in [0.25, 0.3) is 0 Å². The number of carboxylic acids is 1. The molecule has 1 aliphatic carbocycles. The summed E-state index contributed by atoms with van der Waals surface area (Å²) in [5.41, 5.74) is 9.74. The molecule has 1 aliphatic rings. The van der Waals surface area contributed by atoms with E-state index >= 15 is 0 Å². The Bertz CT molecular complexity index is 486. The maximum absolute atomic E-state index is 12.3. The third-order valence-electron chi connectivity index (χ3n) is 5.71. The summed E-state index contributed by atoms with van der Waals surface area (Å²) >= 11 is 0. The van der Waals surface area contributed by atoms with Gasteiger partial charge in [-0.3, -0.25) is 9.59 Å². The van der Waals surface area contributed by atoms with E-state index in [-0.39, 0.29) is 37.0 Å². The summed E-state index contributed by atoms with van der Waals surface area (Å²) in [7, 11) is -1.40. The molecule has 1 fully saturated rings. The van der Waals surface area contributed by atoms with Crippen LogP contribution in [0.5, 0.6) is 0 Å². The monoisotopic (exact) mass is 357 g/mol. The largest absolute Gasteiger partial charge is 0.480 e. The van der Waals surface area contributed by atoms with Gasteiger partial charge in [-0.1, -0.05) is 20.3 Å². The fourth-order valence-electron chi connectivity index (χ4n) is 3.29. The second-order valence-corrected chi connectivity index (χ2v) is 7.90. The van der Waals surface area contributed by atoms with Crippen molar-refractivity contribution in [2.75, 3.05) is 6.54 Å². The topological polar surface area (TPSA) is 159 Å². The summed E-state index contributed by atoms with van der Waals surface area (Å²) in [6, 6.07) is 0. The van der Waals surface area contributed by atoms with Crippen molar-refractivity contribution in [2.24, 2.45) is 29.2 Å². The molecule has 0 aromatic carbocycles. The van der Waals surface area contributed by atoms with Gasteiger partial charge in [0, 0.05) is 12.5 Å². The summed E-state index contributed by atoms with van der Waals surface area (Å²) in [6.07, 6.45) is 2.25. The highest BCUT2D eigenvalue weighted by atomic mass is 16.4. The zero-order valence-electron chi connectivity index (χ0n) is 15.4. The highest BCUT2D eigenvalue weighted by Gasteiger charge is 2.47. The average molecular weight is 357 g/mol. The number of carboxylic acid groups (broad SMARTS) is 1. The molecule has 0 heterocycles. The maximum Gasteiger partial charge on any atom is 0.451 e. The predicted octanol–water partition coefficient (Wildman–Crippen LogP) is -0.463. The van der Waals surface area contributed by atoms with Crippen LogP contribution in [0.4, 0.5) is 0 Å². The van der Waals surface area contributed by atoms with Gasteiger partial charge < -0.3 is 31.9 Å². The Morgan fingerprint density at radius 1 is 1.36 bits per heavy atom. The Kier molecular flexibility index (Phi) is 7.43. The van der Waals surface area contributed by atoms with Crippen LogP contribution in [0.3, 0.4) is 0 Å². The molecule has 0 bridgehead atoms. The minimum absolute atomic E-state index is 0.0188. The van der Waals surface area contributed by atoms with Gasteiger partial charge in [0.1, 0.15) is 5.54 Å². The molecular weight excluding hydrogens is 325 g/mol. The van der Waals surface area contributed by atoms with Crippen LogP contribution in [0.2, 0.25) is 6.32 Å². The normalized spacial score (nSPS) is 29.1. The van der Waals surface area contributed by atoms with E-state index in [9.17, 15) is 14.7 Å². The van der Waals surface area contributed by atoms with E-state index in [4.69, 9.17) is 21.5 Å². The summed E-state index contributed by atoms with van der Waals surface area (Å²) in [6.45, 7) is 5.52.